The largest absolute Gasteiger partial charge is 0.452 e. The Labute approximate surface area is 138 Å². The van der Waals surface area contributed by atoms with Gasteiger partial charge < -0.3 is 14.8 Å². The predicted molar refractivity (Wildman–Crippen MR) is 83.6 cm³/mol. The van der Waals surface area contributed by atoms with Crippen molar-refractivity contribution in [3.05, 3.63) is 42.5 Å². The van der Waals surface area contributed by atoms with Crippen molar-refractivity contribution in [3.8, 4) is 5.69 Å². The summed E-state index contributed by atoms with van der Waals surface area (Å²) in [6.45, 7) is 0.874. The van der Waals surface area contributed by atoms with Crippen LogP contribution >= 0.6 is 0 Å². The highest BCUT2D eigenvalue weighted by Crippen LogP contribution is 2.11. The SMILES string of the molecule is O=C(COC(=O)c1ccc(-n2cncn2)cc1)NC[C@@H]1CCCO1. The van der Waals surface area contributed by atoms with Crippen molar-refractivity contribution >= 4 is 11.9 Å². The van der Waals surface area contributed by atoms with E-state index in [9.17, 15) is 9.59 Å². The normalized spacial score (nSPS) is 16.8. The average molecular weight is 330 g/mol. The third-order valence-electron chi connectivity index (χ3n) is 3.67. The number of hydrogen-bond acceptors (Lipinski definition) is 6. The summed E-state index contributed by atoms with van der Waals surface area (Å²) in [5, 5.41) is 6.70. The molecule has 1 aromatic carbocycles. The molecule has 1 fully saturated rings. The molecule has 0 bridgehead atoms. The molecule has 1 aromatic heterocycles. The van der Waals surface area contributed by atoms with Gasteiger partial charge in [-0.05, 0) is 37.1 Å². The number of benzene rings is 1. The molecule has 1 amide bonds. The fourth-order valence-electron chi connectivity index (χ4n) is 2.39. The number of amides is 1. The van der Waals surface area contributed by atoms with Crippen molar-refractivity contribution in [2.24, 2.45) is 0 Å². The Bertz CT molecular complexity index is 679. The second-order valence-corrected chi connectivity index (χ2v) is 5.40. The van der Waals surface area contributed by atoms with Crippen molar-refractivity contribution in [1.82, 2.24) is 20.1 Å². The number of aromatic nitrogens is 3. The topological polar surface area (TPSA) is 95.3 Å². The van der Waals surface area contributed by atoms with Crippen LogP contribution in [0.15, 0.2) is 36.9 Å². The molecular formula is C16H18N4O4. The second-order valence-electron chi connectivity index (χ2n) is 5.40. The maximum atomic E-state index is 11.9. The zero-order valence-electron chi connectivity index (χ0n) is 13.1. The van der Waals surface area contributed by atoms with E-state index in [2.05, 4.69) is 15.4 Å². The molecule has 3 rings (SSSR count). The van der Waals surface area contributed by atoms with E-state index in [1.807, 2.05) is 0 Å². The standard InChI is InChI=1S/C16H18N4O4/c21-15(18-8-14-2-1-7-23-14)9-24-16(22)12-3-5-13(6-4-12)20-11-17-10-19-20/h3-6,10-11,14H,1-2,7-9H2,(H,18,21)/t14-/m0/s1. The number of esters is 1. The molecule has 1 atom stereocenters. The van der Waals surface area contributed by atoms with E-state index in [-0.39, 0.29) is 18.6 Å². The minimum Gasteiger partial charge on any atom is -0.452 e. The number of carbonyl (C=O) groups excluding carboxylic acids is 2. The van der Waals surface area contributed by atoms with Gasteiger partial charge in [-0.15, -0.1) is 0 Å². The third kappa shape index (κ3) is 4.17. The monoisotopic (exact) mass is 330 g/mol. The molecule has 1 saturated heterocycles. The lowest BCUT2D eigenvalue weighted by molar-refractivity contribution is -0.124. The fraction of sp³-hybridized carbons (Fsp3) is 0.375. The van der Waals surface area contributed by atoms with Crippen LogP contribution in [-0.2, 0) is 14.3 Å². The Morgan fingerprint density at radius 2 is 2.17 bits per heavy atom. The number of hydrogen-bond donors (Lipinski definition) is 1. The van der Waals surface area contributed by atoms with Gasteiger partial charge in [-0.2, -0.15) is 5.10 Å². The van der Waals surface area contributed by atoms with Gasteiger partial charge in [0.2, 0.25) is 0 Å². The van der Waals surface area contributed by atoms with E-state index in [1.165, 1.54) is 6.33 Å². The highest BCUT2D eigenvalue weighted by atomic mass is 16.5. The van der Waals surface area contributed by atoms with Crippen LogP contribution in [0, 0.1) is 0 Å². The van der Waals surface area contributed by atoms with Crippen molar-refractivity contribution < 1.29 is 19.1 Å². The minimum atomic E-state index is -0.549. The molecule has 0 unspecified atom stereocenters. The molecule has 1 aliphatic rings. The molecule has 126 valence electrons. The first kappa shape index (κ1) is 16.1. The van der Waals surface area contributed by atoms with Gasteiger partial charge in [-0.25, -0.2) is 14.5 Å². The summed E-state index contributed by atoms with van der Waals surface area (Å²) >= 11 is 0. The van der Waals surface area contributed by atoms with E-state index in [0.717, 1.165) is 25.1 Å². The summed E-state index contributed by atoms with van der Waals surface area (Å²) in [7, 11) is 0. The number of rotatable bonds is 6. The van der Waals surface area contributed by atoms with Crippen LogP contribution < -0.4 is 5.32 Å². The smallest absolute Gasteiger partial charge is 0.338 e. The minimum absolute atomic E-state index is 0.0639. The van der Waals surface area contributed by atoms with Crippen LogP contribution in [0.5, 0.6) is 0 Å². The van der Waals surface area contributed by atoms with Crippen molar-refractivity contribution in [2.75, 3.05) is 19.8 Å². The molecule has 8 nitrogen and oxygen atoms in total. The van der Waals surface area contributed by atoms with Crippen LogP contribution in [0.2, 0.25) is 0 Å². The summed E-state index contributed by atoms with van der Waals surface area (Å²) in [6.07, 6.45) is 5.01. The van der Waals surface area contributed by atoms with Crippen LogP contribution in [0.3, 0.4) is 0 Å². The predicted octanol–water partition coefficient (Wildman–Crippen LogP) is 0.719. The summed E-state index contributed by atoms with van der Waals surface area (Å²) in [5.74, 6) is -0.884. The van der Waals surface area contributed by atoms with Gasteiger partial charge in [0, 0.05) is 13.2 Å². The summed E-state index contributed by atoms with van der Waals surface area (Å²) in [5.41, 5.74) is 1.14. The van der Waals surface area contributed by atoms with Gasteiger partial charge in [0.1, 0.15) is 12.7 Å². The lowest BCUT2D eigenvalue weighted by Gasteiger charge is -2.11. The van der Waals surface area contributed by atoms with E-state index < -0.39 is 5.97 Å². The van der Waals surface area contributed by atoms with Crippen LogP contribution in [-0.4, -0.2) is 52.5 Å². The third-order valence-corrected chi connectivity index (χ3v) is 3.67. The molecule has 24 heavy (non-hydrogen) atoms. The molecule has 0 aliphatic carbocycles. The molecule has 0 radical (unpaired) electrons. The number of nitrogens with zero attached hydrogens (tertiary/aromatic N) is 3. The first-order chi connectivity index (χ1) is 11.7. The average Bonchev–Trinajstić information content (AvgIpc) is 3.31. The second kappa shape index (κ2) is 7.69. The lowest BCUT2D eigenvalue weighted by atomic mass is 10.2. The van der Waals surface area contributed by atoms with Crippen LogP contribution in [0.4, 0.5) is 0 Å². The summed E-state index contributed by atoms with van der Waals surface area (Å²) in [6, 6.07) is 6.68. The van der Waals surface area contributed by atoms with Crippen LogP contribution in [0.1, 0.15) is 23.2 Å². The van der Waals surface area contributed by atoms with E-state index in [1.54, 1.807) is 35.3 Å². The number of carbonyl (C=O) groups is 2. The molecular weight excluding hydrogens is 312 g/mol. The Morgan fingerprint density at radius 3 is 2.83 bits per heavy atom. The van der Waals surface area contributed by atoms with Crippen molar-refractivity contribution in [2.45, 2.75) is 18.9 Å². The Hall–Kier alpha value is -2.74. The van der Waals surface area contributed by atoms with Gasteiger partial charge >= 0.3 is 5.97 Å². The van der Waals surface area contributed by atoms with Gasteiger partial charge in [0.15, 0.2) is 6.61 Å². The number of nitrogens with one attached hydrogen (secondary N) is 1. The fourth-order valence-corrected chi connectivity index (χ4v) is 2.39. The maximum absolute atomic E-state index is 11.9. The molecule has 8 heteroatoms. The molecule has 0 spiro atoms. The van der Waals surface area contributed by atoms with Crippen LogP contribution in [0.25, 0.3) is 5.69 Å². The lowest BCUT2D eigenvalue weighted by Crippen LogP contribution is -2.34. The Balaban J connectivity index is 1.45. The maximum Gasteiger partial charge on any atom is 0.338 e. The highest BCUT2D eigenvalue weighted by molar-refractivity contribution is 5.91. The molecule has 2 heterocycles. The molecule has 2 aromatic rings. The number of ether oxygens (including phenoxy) is 2. The summed E-state index contributed by atoms with van der Waals surface area (Å²) < 4.78 is 12.0. The van der Waals surface area contributed by atoms with Gasteiger partial charge in [0.05, 0.1) is 17.4 Å². The molecule has 1 N–H and O–H groups in total. The quantitative estimate of drug-likeness (QED) is 0.784. The first-order valence-electron chi connectivity index (χ1n) is 7.73. The zero-order chi connectivity index (χ0) is 16.8. The van der Waals surface area contributed by atoms with Crippen molar-refractivity contribution in [3.63, 3.8) is 0 Å². The van der Waals surface area contributed by atoms with Gasteiger partial charge in [0.25, 0.3) is 5.91 Å². The van der Waals surface area contributed by atoms with E-state index in [0.29, 0.717) is 12.1 Å². The van der Waals surface area contributed by atoms with E-state index >= 15 is 0 Å². The molecule has 0 saturated carbocycles. The van der Waals surface area contributed by atoms with Gasteiger partial charge in [-0.1, -0.05) is 0 Å². The van der Waals surface area contributed by atoms with Gasteiger partial charge in [-0.3, -0.25) is 4.79 Å². The zero-order valence-corrected chi connectivity index (χ0v) is 13.1. The highest BCUT2D eigenvalue weighted by Gasteiger charge is 2.17. The van der Waals surface area contributed by atoms with E-state index in [4.69, 9.17) is 9.47 Å². The first-order valence-corrected chi connectivity index (χ1v) is 7.73. The Morgan fingerprint density at radius 1 is 1.33 bits per heavy atom. The molecule has 1 aliphatic heterocycles. The van der Waals surface area contributed by atoms with Crippen molar-refractivity contribution in [1.29, 1.82) is 0 Å². The Kier molecular flexibility index (Phi) is 5.17. The summed E-state index contributed by atoms with van der Waals surface area (Å²) in [4.78, 5) is 27.5.